The lowest BCUT2D eigenvalue weighted by molar-refractivity contribution is -0.137. The molecular weight excluding hydrogens is 794 g/mol. The highest BCUT2D eigenvalue weighted by atomic mass is 35.5. The van der Waals surface area contributed by atoms with Crippen LogP contribution in [0.2, 0.25) is 5.02 Å². The summed E-state index contributed by atoms with van der Waals surface area (Å²) in [4.78, 5) is 51.8. The Morgan fingerprint density at radius 3 is 2.46 bits per heavy atom. The van der Waals surface area contributed by atoms with Crippen LogP contribution in [-0.2, 0) is 30.9 Å². The van der Waals surface area contributed by atoms with E-state index in [4.69, 9.17) is 31.0 Å². The Kier molecular flexibility index (Phi) is 12.4. The highest BCUT2D eigenvalue weighted by Gasteiger charge is 2.43. The number of amides is 2. The number of aromatic nitrogens is 1. The molecule has 4 heterocycles. The van der Waals surface area contributed by atoms with Crippen LogP contribution in [0, 0.1) is 11.6 Å². The van der Waals surface area contributed by atoms with Crippen molar-refractivity contribution in [3.8, 4) is 0 Å². The fraction of sp³-hybridized carbons (Fsp3) is 0.270. The minimum atomic E-state index is -4.00. The number of fused-ring (bicyclic) bond motifs is 1. The number of carboxylic acids is 1. The largest absolute Gasteiger partial charge is 0.481 e. The molecule has 0 bridgehead atoms. The lowest BCUT2D eigenvalue weighted by atomic mass is 9.94. The molecule has 3 aromatic carbocycles. The molecule has 2 atom stereocenters. The van der Waals surface area contributed by atoms with Gasteiger partial charge in [0.15, 0.2) is 10.8 Å². The van der Waals surface area contributed by atoms with Gasteiger partial charge < -0.3 is 20.1 Å². The Bertz CT molecular complexity index is 2300. The summed E-state index contributed by atoms with van der Waals surface area (Å²) in [5.74, 6) is -2.29. The van der Waals surface area contributed by atoms with Crippen molar-refractivity contribution in [3.63, 3.8) is 0 Å². The second-order valence-corrected chi connectivity index (χ2v) is 15.6. The smallest absolute Gasteiger partial charge is 0.338 e. The number of halogens is 3. The number of aliphatic imine (C=N–C) groups is 1. The van der Waals surface area contributed by atoms with Gasteiger partial charge in [-0.05, 0) is 53.9 Å². The van der Waals surface area contributed by atoms with Crippen LogP contribution in [0.15, 0.2) is 99.5 Å². The predicted octanol–water partition coefficient (Wildman–Crippen LogP) is 5.17. The first kappa shape index (κ1) is 40.4. The molecule has 3 N–H and O–H groups in total. The highest BCUT2D eigenvalue weighted by molar-refractivity contribution is 7.85. The van der Waals surface area contributed by atoms with Crippen LogP contribution in [0.5, 0.6) is 0 Å². The molecule has 2 amide bonds. The predicted molar refractivity (Wildman–Crippen MR) is 203 cm³/mol. The molecule has 294 valence electrons. The third-order valence-electron chi connectivity index (χ3n) is 9.22. The summed E-state index contributed by atoms with van der Waals surface area (Å²) in [5.41, 5.74) is 1.76. The van der Waals surface area contributed by atoms with Gasteiger partial charge in [0, 0.05) is 55.7 Å². The molecule has 2 saturated heterocycles. The maximum Gasteiger partial charge on any atom is 0.338 e. The summed E-state index contributed by atoms with van der Waals surface area (Å²) in [7, 11) is -2.73. The van der Waals surface area contributed by atoms with E-state index in [0.717, 1.165) is 0 Å². The van der Waals surface area contributed by atoms with Gasteiger partial charge >= 0.3 is 18.0 Å². The van der Waals surface area contributed by atoms with Crippen LogP contribution >= 0.6 is 22.9 Å². The van der Waals surface area contributed by atoms with E-state index in [1.165, 1.54) is 65.8 Å². The monoisotopic (exact) mass is 828 g/mol. The number of carboxylic acid groups (broad SMARTS) is 1. The molecule has 1 aromatic heterocycles. The minimum absolute atomic E-state index is 0.0741. The molecule has 4 aromatic rings. The number of aryl methyl sites for hydroxylation is 1. The van der Waals surface area contributed by atoms with Crippen LogP contribution in [0.1, 0.15) is 28.6 Å². The van der Waals surface area contributed by atoms with Crippen molar-refractivity contribution in [1.29, 1.82) is 0 Å². The van der Waals surface area contributed by atoms with Gasteiger partial charge in [0.1, 0.15) is 11.6 Å². The third kappa shape index (κ3) is 9.22. The number of nitrogens with one attached hydrogen (secondary N) is 1. The van der Waals surface area contributed by atoms with Crippen LogP contribution < -0.4 is 10.2 Å². The molecular formula is C37H35ClF2N6O8S2. The van der Waals surface area contributed by atoms with E-state index in [-0.39, 0.29) is 59.2 Å². The van der Waals surface area contributed by atoms with Gasteiger partial charge in [0.25, 0.3) is 10.1 Å². The number of carbonyl (C=O) groups is 3. The lowest BCUT2D eigenvalue weighted by Crippen LogP contribution is -2.52. The number of ether oxygens (including phenoxy) is 1. The SMILES string of the molecule is COC(=O)C1=C(CN2CCN3C(=O)N(c4ccc(CCC(=O)O)cc4F)C[C@@H]3C2)N=C(c2nccs2)N[C@H]1c1ccc(F)cc1Cl.O=S(=O)(O)c1ccccc1. The average Bonchev–Trinajstić information content (AvgIpc) is 3.82. The Morgan fingerprint density at radius 2 is 1.84 bits per heavy atom. The molecule has 14 nitrogen and oxygen atoms in total. The van der Waals surface area contributed by atoms with Gasteiger partial charge in [0.2, 0.25) is 0 Å². The van der Waals surface area contributed by atoms with Crippen LogP contribution in [0.3, 0.4) is 0 Å². The fourth-order valence-electron chi connectivity index (χ4n) is 6.58. The number of hydrogen-bond donors (Lipinski definition) is 3. The number of piperazine rings is 1. The number of aliphatic carboxylic acids is 1. The Hall–Kier alpha value is -5.27. The van der Waals surface area contributed by atoms with Crippen LogP contribution in [0.4, 0.5) is 19.3 Å². The number of thiazole rings is 1. The molecule has 0 aliphatic carbocycles. The number of amidine groups is 1. The number of urea groups is 1. The number of nitrogens with zero attached hydrogens (tertiary/aromatic N) is 5. The summed E-state index contributed by atoms with van der Waals surface area (Å²) >= 11 is 7.82. The summed E-state index contributed by atoms with van der Waals surface area (Å²) in [6.07, 6.45) is 1.70. The highest BCUT2D eigenvalue weighted by Crippen LogP contribution is 2.36. The van der Waals surface area contributed by atoms with Gasteiger partial charge in [-0.15, -0.1) is 11.3 Å². The molecule has 0 unspecified atom stereocenters. The standard InChI is InChI=1S/C31H29ClF2N6O5S.C6H6O3S/c1-45-30(43)26-23(36-28(29-35-8-11-46-29)37-27(26)20-5-4-18(33)13-21(20)32)16-38-9-10-39-19(14-38)15-40(31(39)44)24-6-2-17(12-22(24)34)3-7-25(41)42;7-10(8,9)6-4-2-1-3-5-6/h2,4-6,8,11-13,19,27H,3,7,9-10,14-16H2,1H3,(H,36,37)(H,41,42);1-5H,(H,7,8,9)/t19-,27-;/m0./s1. The number of anilines is 1. The molecule has 3 aliphatic rings. The summed E-state index contributed by atoms with van der Waals surface area (Å²) < 4.78 is 63.5. The van der Waals surface area contributed by atoms with Gasteiger partial charge in [0.05, 0.1) is 41.0 Å². The van der Waals surface area contributed by atoms with Crippen molar-refractivity contribution in [2.45, 2.75) is 29.8 Å². The maximum absolute atomic E-state index is 15.1. The van der Waals surface area contributed by atoms with E-state index < -0.39 is 39.7 Å². The number of carbonyl (C=O) groups excluding carboxylic acids is 2. The van der Waals surface area contributed by atoms with E-state index in [0.29, 0.717) is 47.3 Å². The molecule has 0 spiro atoms. The zero-order chi connectivity index (χ0) is 40.1. The zero-order valence-corrected chi connectivity index (χ0v) is 32.0. The number of benzene rings is 3. The van der Waals surface area contributed by atoms with Gasteiger partial charge in [-0.2, -0.15) is 8.42 Å². The minimum Gasteiger partial charge on any atom is -0.481 e. The van der Waals surface area contributed by atoms with Crippen molar-refractivity contribution >= 4 is 62.5 Å². The van der Waals surface area contributed by atoms with E-state index in [2.05, 4.69) is 15.2 Å². The Balaban J connectivity index is 0.000000463. The molecule has 19 heteroatoms. The number of esters is 1. The van der Waals surface area contributed by atoms with E-state index in [1.54, 1.807) is 40.7 Å². The Morgan fingerprint density at radius 1 is 1.07 bits per heavy atom. The first-order valence-electron chi connectivity index (χ1n) is 17.1. The van der Waals surface area contributed by atoms with Crippen molar-refractivity contribution in [2.24, 2.45) is 4.99 Å². The molecule has 3 aliphatic heterocycles. The molecule has 7 rings (SSSR count). The Labute approximate surface area is 329 Å². The van der Waals surface area contributed by atoms with Crippen molar-refractivity contribution in [1.82, 2.24) is 20.1 Å². The molecule has 0 saturated carbocycles. The normalized spacial score (nSPS) is 18.4. The zero-order valence-electron chi connectivity index (χ0n) is 29.6. The topological polar surface area (TPSA) is 182 Å². The van der Waals surface area contributed by atoms with E-state index in [1.807, 2.05) is 0 Å². The van der Waals surface area contributed by atoms with E-state index in [9.17, 15) is 27.2 Å². The number of hydrogen-bond acceptors (Lipinski definition) is 11. The number of rotatable bonds is 10. The molecule has 0 radical (unpaired) electrons. The van der Waals surface area contributed by atoms with Gasteiger partial charge in [-0.3, -0.25) is 19.1 Å². The average molecular weight is 829 g/mol. The summed E-state index contributed by atoms with van der Waals surface area (Å²) in [5, 5.41) is 14.7. The maximum atomic E-state index is 15.1. The summed E-state index contributed by atoms with van der Waals surface area (Å²) in [6.45, 7) is 1.72. The molecule has 2 fully saturated rings. The van der Waals surface area contributed by atoms with Crippen LogP contribution in [-0.4, -0.2) is 103 Å². The second-order valence-electron chi connectivity index (χ2n) is 12.8. The third-order valence-corrected chi connectivity index (χ3v) is 11.2. The molecule has 56 heavy (non-hydrogen) atoms. The summed E-state index contributed by atoms with van der Waals surface area (Å²) in [6, 6.07) is 14.4. The van der Waals surface area contributed by atoms with Gasteiger partial charge in [-0.1, -0.05) is 41.9 Å². The number of methoxy groups -OCH3 is 1. The second kappa shape index (κ2) is 17.3. The van der Waals surface area contributed by atoms with Crippen molar-refractivity contribution in [3.05, 3.63) is 122 Å². The van der Waals surface area contributed by atoms with Crippen LogP contribution in [0.25, 0.3) is 0 Å². The van der Waals surface area contributed by atoms with E-state index >= 15 is 4.39 Å². The van der Waals surface area contributed by atoms with Gasteiger partial charge in [-0.25, -0.2) is 28.3 Å². The van der Waals surface area contributed by atoms with Crippen molar-refractivity contribution < 1.29 is 46.0 Å². The lowest BCUT2D eigenvalue weighted by Gasteiger charge is -2.37. The first-order chi connectivity index (χ1) is 26.7. The van der Waals surface area contributed by atoms with Crippen molar-refractivity contribution in [2.75, 3.05) is 44.7 Å². The fourth-order valence-corrected chi connectivity index (χ4v) is 7.95. The first-order valence-corrected chi connectivity index (χ1v) is 19.8. The quantitative estimate of drug-likeness (QED) is 0.142.